The van der Waals surface area contributed by atoms with Gasteiger partial charge in [-0.05, 0) is 25.5 Å². The maximum atomic E-state index is 6.19. The van der Waals surface area contributed by atoms with E-state index < -0.39 is 0 Å². The molecule has 1 unspecified atom stereocenters. The molecule has 2 nitrogen and oxygen atoms in total. The minimum absolute atomic E-state index is 0.363. The molecule has 16 heavy (non-hydrogen) atoms. The summed E-state index contributed by atoms with van der Waals surface area (Å²) < 4.78 is 0. The Labute approximate surface area is 98.4 Å². The van der Waals surface area contributed by atoms with E-state index in [1.807, 2.05) is 0 Å². The normalized spacial score (nSPS) is 25.9. The first-order chi connectivity index (χ1) is 7.77. The average Bonchev–Trinajstić information content (AvgIpc) is 2.31. The number of rotatable bonds is 3. The zero-order chi connectivity index (χ0) is 11.4. The van der Waals surface area contributed by atoms with Crippen molar-refractivity contribution in [3.63, 3.8) is 0 Å². The lowest BCUT2D eigenvalue weighted by Crippen LogP contribution is -2.47. The van der Waals surface area contributed by atoms with E-state index in [0.29, 0.717) is 12.1 Å². The molecule has 2 atom stereocenters. The third-order valence-electron chi connectivity index (χ3n) is 3.62. The zero-order valence-electron chi connectivity index (χ0n) is 10.1. The van der Waals surface area contributed by atoms with E-state index in [1.165, 1.54) is 31.2 Å². The largest absolute Gasteiger partial charge is 0.326 e. The summed E-state index contributed by atoms with van der Waals surface area (Å²) in [6.45, 7) is 1.01. The Balaban J connectivity index is 1.94. The smallest absolute Gasteiger partial charge is 0.0247 e. The maximum Gasteiger partial charge on any atom is 0.0247 e. The van der Waals surface area contributed by atoms with Crippen molar-refractivity contribution in [1.29, 1.82) is 0 Å². The highest BCUT2D eigenvalue weighted by atomic mass is 15.1. The third kappa shape index (κ3) is 2.83. The second-order valence-corrected chi connectivity index (χ2v) is 4.92. The monoisotopic (exact) mass is 218 g/mol. The van der Waals surface area contributed by atoms with Crippen molar-refractivity contribution in [2.75, 3.05) is 7.05 Å². The maximum absolute atomic E-state index is 6.19. The van der Waals surface area contributed by atoms with Crippen molar-refractivity contribution in [2.24, 2.45) is 5.73 Å². The molecule has 1 fully saturated rings. The van der Waals surface area contributed by atoms with Crippen LogP contribution in [-0.2, 0) is 6.54 Å². The first-order valence-corrected chi connectivity index (χ1v) is 6.27. The first kappa shape index (κ1) is 11.6. The number of benzene rings is 1. The van der Waals surface area contributed by atoms with Crippen molar-refractivity contribution in [3.8, 4) is 0 Å². The van der Waals surface area contributed by atoms with Crippen molar-refractivity contribution in [3.05, 3.63) is 35.9 Å². The Morgan fingerprint density at radius 1 is 1.19 bits per heavy atom. The molecule has 0 aromatic heterocycles. The minimum atomic E-state index is 0.363. The third-order valence-corrected chi connectivity index (χ3v) is 3.62. The first-order valence-electron chi connectivity index (χ1n) is 6.27. The van der Waals surface area contributed by atoms with Crippen LogP contribution in [0.3, 0.4) is 0 Å². The molecule has 1 aliphatic carbocycles. The molecule has 1 aliphatic rings. The quantitative estimate of drug-likeness (QED) is 0.844. The Bertz CT molecular complexity index is 310. The Morgan fingerprint density at radius 2 is 1.88 bits per heavy atom. The summed E-state index contributed by atoms with van der Waals surface area (Å²) in [5.74, 6) is 0. The van der Waals surface area contributed by atoms with Crippen LogP contribution in [0.1, 0.15) is 31.2 Å². The Hall–Kier alpha value is -0.860. The molecule has 1 aromatic carbocycles. The molecular weight excluding hydrogens is 196 g/mol. The fourth-order valence-electron chi connectivity index (χ4n) is 2.68. The van der Waals surface area contributed by atoms with E-state index in [0.717, 1.165) is 6.54 Å². The minimum Gasteiger partial charge on any atom is -0.326 e. The van der Waals surface area contributed by atoms with Crippen molar-refractivity contribution in [2.45, 2.75) is 44.3 Å². The number of hydrogen-bond donors (Lipinski definition) is 1. The topological polar surface area (TPSA) is 29.3 Å². The predicted molar refractivity (Wildman–Crippen MR) is 68.1 cm³/mol. The highest BCUT2D eigenvalue weighted by Gasteiger charge is 2.25. The molecular formula is C14H22N2. The highest BCUT2D eigenvalue weighted by molar-refractivity contribution is 5.14. The summed E-state index contributed by atoms with van der Waals surface area (Å²) in [4.78, 5) is 2.42. The van der Waals surface area contributed by atoms with Gasteiger partial charge in [-0.1, -0.05) is 43.2 Å². The zero-order valence-corrected chi connectivity index (χ0v) is 10.1. The molecule has 0 heterocycles. The van der Waals surface area contributed by atoms with Crippen LogP contribution in [0.25, 0.3) is 0 Å². The van der Waals surface area contributed by atoms with Gasteiger partial charge in [-0.3, -0.25) is 4.90 Å². The summed E-state index contributed by atoms with van der Waals surface area (Å²) in [5.41, 5.74) is 7.57. The Kier molecular flexibility index (Phi) is 3.97. The van der Waals surface area contributed by atoms with Gasteiger partial charge in [0.15, 0.2) is 0 Å². The SMILES string of the molecule is CN(Cc1ccccc1)C1CCCC[C@H]1N. The number of likely N-dealkylation sites (N-methyl/N-ethyl adjacent to an activating group) is 1. The van der Waals surface area contributed by atoms with Crippen LogP contribution < -0.4 is 5.73 Å². The van der Waals surface area contributed by atoms with Gasteiger partial charge < -0.3 is 5.73 Å². The lowest BCUT2D eigenvalue weighted by molar-refractivity contribution is 0.162. The van der Waals surface area contributed by atoms with Crippen LogP contribution in [0.4, 0.5) is 0 Å². The molecule has 0 radical (unpaired) electrons. The summed E-state index contributed by atoms with van der Waals surface area (Å²) in [6, 6.07) is 11.6. The lowest BCUT2D eigenvalue weighted by atomic mass is 9.90. The van der Waals surface area contributed by atoms with E-state index >= 15 is 0 Å². The van der Waals surface area contributed by atoms with Gasteiger partial charge in [0, 0.05) is 18.6 Å². The van der Waals surface area contributed by atoms with Crippen LogP contribution in [0, 0.1) is 0 Å². The second kappa shape index (κ2) is 5.46. The van der Waals surface area contributed by atoms with Gasteiger partial charge in [0.25, 0.3) is 0 Å². The molecule has 0 saturated heterocycles. The standard InChI is InChI=1S/C14H22N2/c1-16(11-12-7-3-2-4-8-12)14-10-6-5-9-13(14)15/h2-4,7-8,13-14H,5-6,9-11,15H2,1H3/t13-,14?/m1/s1. The van der Waals surface area contributed by atoms with Gasteiger partial charge >= 0.3 is 0 Å². The highest BCUT2D eigenvalue weighted by Crippen LogP contribution is 2.22. The van der Waals surface area contributed by atoms with E-state index in [9.17, 15) is 0 Å². The van der Waals surface area contributed by atoms with Crippen LogP contribution in [-0.4, -0.2) is 24.0 Å². The number of nitrogens with zero attached hydrogens (tertiary/aromatic N) is 1. The fraction of sp³-hybridized carbons (Fsp3) is 0.571. The number of nitrogens with two attached hydrogens (primary N) is 1. The van der Waals surface area contributed by atoms with Crippen LogP contribution in [0.15, 0.2) is 30.3 Å². The summed E-state index contributed by atoms with van der Waals surface area (Å²) in [5, 5.41) is 0. The van der Waals surface area contributed by atoms with Gasteiger partial charge in [-0.15, -0.1) is 0 Å². The molecule has 2 heteroatoms. The molecule has 2 N–H and O–H groups in total. The van der Waals surface area contributed by atoms with Gasteiger partial charge in [0.2, 0.25) is 0 Å². The van der Waals surface area contributed by atoms with E-state index in [4.69, 9.17) is 5.73 Å². The molecule has 0 amide bonds. The van der Waals surface area contributed by atoms with Gasteiger partial charge in [-0.25, -0.2) is 0 Å². The predicted octanol–water partition coefficient (Wildman–Crippen LogP) is 2.39. The van der Waals surface area contributed by atoms with Crippen LogP contribution >= 0.6 is 0 Å². The molecule has 0 spiro atoms. The fourth-order valence-corrected chi connectivity index (χ4v) is 2.68. The summed E-state index contributed by atoms with van der Waals surface area (Å²) >= 11 is 0. The molecule has 2 rings (SSSR count). The van der Waals surface area contributed by atoms with Gasteiger partial charge in [0.05, 0.1) is 0 Å². The Morgan fingerprint density at radius 3 is 2.56 bits per heavy atom. The molecule has 1 saturated carbocycles. The lowest BCUT2D eigenvalue weighted by Gasteiger charge is -2.36. The van der Waals surface area contributed by atoms with Gasteiger partial charge in [-0.2, -0.15) is 0 Å². The molecule has 0 bridgehead atoms. The summed E-state index contributed by atoms with van der Waals surface area (Å²) in [7, 11) is 2.20. The van der Waals surface area contributed by atoms with Crippen LogP contribution in [0.5, 0.6) is 0 Å². The van der Waals surface area contributed by atoms with Crippen molar-refractivity contribution >= 4 is 0 Å². The molecule has 0 aliphatic heterocycles. The average molecular weight is 218 g/mol. The van der Waals surface area contributed by atoms with E-state index in [2.05, 4.69) is 42.3 Å². The second-order valence-electron chi connectivity index (χ2n) is 4.92. The molecule has 1 aromatic rings. The summed E-state index contributed by atoms with van der Waals surface area (Å²) in [6.07, 6.45) is 5.07. The van der Waals surface area contributed by atoms with Crippen molar-refractivity contribution in [1.82, 2.24) is 4.90 Å². The number of hydrogen-bond acceptors (Lipinski definition) is 2. The van der Waals surface area contributed by atoms with E-state index in [1.54, 1.807) is 0 Å². The van der Waals surface area contributed by atoms with Crippen molar-refractivity contribution < 1.29 is 0 Å². The van der Waals surface area contributed by atoms with E-state index in [-0.39, 0.29) is 0 Å². The molecule has 88 valence electrons. The van der Waals surface area contributed by atoms with Gasteiger partial charge in [0.1, 0.15) is 0 Å². The van der Waals surface area contributed by atoms with Crippen LogP contribution in [0.2, 0.25) is 0 Å².